The summed E-state index contributed by atoms with van der Waals surface area (Å²) >= 11 is 0. The number of aliphatic hydroxyl groups excluding tert-OH is 2. The number of carbonyl (C=O) groups excluding carboxylic acids is 2. The highest BCUT2D eigenvalue weighted by molar-refractivity contribution is 5.76. The van der Waals surface area contributed by atoms with Crippen LogP contribution in [0.4, 0.5) is 0 Å². The topological polar surface area (TPSA) is 95.9 Å². The largest absolute Gasteiger partial charge is 0.466 e. The van der Waals surface area contributed by atoms with Gasteiger partial charge in [-0.25, -0.2) is 0 Å². The van der Waals surface area contributed by atoms with E-state index in [1.54, 1.807) is 0 Å². The summed E-state index contributed by atoms with van der Waals surface area (Å²) in [6.45, 7) is 4.98. The molecule has 0 bridgehead atoms. The zero-order chi connectivity index (χ0) is 56.4. The van der Waals surface area contributed by atoms with E-state index in [1.165, 1.54) is 321 Å². The highest BCUT2D eigenvalue weighted by Crippen LogP contribution is 2.19. The lowest BCUT2D eigenvalue weighted by molar-refractivity contribution is -0.143. The highest BCUT2D eigenvalue weighted by Gasteiger charge is 2.20. The van der Waals surface area contributed by atoms with Gasteiger partial charge in [-0.1, -0.05) is 334 Å². The molecule has 0 heterocycles. The fraction of sp³-hybridized carbons (Fsp3) is 0.917. The number of esters is 1. The van der Waals surface area contributed by atoms with Gasteiger partial charge in [-0.3, -0.25) is 9.59 Å². The van der Waals surface area contributed by atoms with Crippen LogP contribution in [0.2, 0.25) is 0 Å². The minimum atomic E-state index is -0.662. The van der Waals surface area contributed by atoms with Crippen LogP contribution in [0.3, 0.4) is 0 Å². The van der Waals surface area contributed by atoms with Crippen LogP contribution in [-0.2, 0) is 14.3 Å². The highest BCUT2D eigenvalue weighted by atomic mass is 16.5. The van der Waals surface area contributed by atoms with Gasteiger partial charge in [0.05, 0.1) is 25.4 Å². The van der Waals surface area contributed by atoms with Crippen LogP contribution < -0.4 is 5.32 Å². The van der Waals surface area contributed by atoms with E-state index in [9.17, 15) is 19.8 Å². The van der Waals surface area contributed by atoms with Gasteiger partial charge in [-0.2, -0.15) is 0 Å². The number of carbonyl (C=O) groups is 2. The summed E-state index contributed by atoms with van der Waals surface area (Å²) in [6, 6.07) is -0.540. The molecule has 1 amide bonds. The lowest BCUT2D eigenvalue weighted by Crippen LogP contribution is -2.45. The van der Waals surface area contributed by atoms with E-state index in [2.05, 4.69) is 43.5 Å². The maximum atomic E-state index is 12.5. The molecule has 78 heavy (non-hydrogen) atoms. The Kier molecular flexibility index (Phi) is 66.4. The van der Waals surface area contributed by atoms with Gasteiger partial charge in [0, 0.05) is 12.8 Å². The van der Waals surface area contributed by atoms with Crippen LogP contribution in [0, 0.1) is 0 Å². The molecular weight excluding hydrogens is 959 g/mol. The van der Waals surface area contributed by atoms with Gasteiger partial charge in [-0.05, 0) is 77.0 Å². The fourth-order valence-electron chi connectivity index (χ4n) is 11.3. The Morgan fingerprint density at radius 3 is 0.910 bits per heavy atom. The number of hydrogen-bond donors (Lipinski definition) is 3. The average molecular weight is 1100 g/mol. The Hall–Kier alpha value is -1.66. The van der Waals surface area contributed by atoms with Crippen molar-refractivity contribution in [3.63, 3.8) is 0 Å². The number of ether oxygens (including phenoxy) is 1. The molecule has 0 saturated carbocycles. The molecule has 0 aromatic rings. The molecule has 0 aliphatic rings. The van der Waals surface area contributed by atoms with Crippen LogP contribution in [0.15, 0.2) is 24.3 Å². The lowest BCUT2D eigenvalue weighted by atomic mass is 10.0. The summed E-state index contributed by atoms with van der Waals surface area (Å²) in [5.41, 5.74) is 0. The number of rotatable bonds is 67. The SMILES string of the molecule is CCCCCCCC/C=C\CCCCCCCCCC(=O)OCCCCCCCCCCCCCC/C=C\CCCCCCCCCCCCCCCCC(=O)NC(CO)C(O)CCCCCCCCCCCCCCCC. The van der Waals surface area contributed by atoms with E-state index in [4.69, 9.17) is 4.74 Å². The van der Waals surface area contributed by atoms with Crippen LogP contribution in [0.5, 0.6) is 0 Å². The summed E-state index contributed by atoms with van der Waals surface area (Å²) in [7, 11) is 0. The Balaban J connectivity index is 3.34. The first-order chi connectivity index (χ1) is 38.5. The number of unbranched alkanes of at least 4 members (excludes halogenated alkanes) is 52. The van der Waals surface area contributed by atoms with E-state index in [0.717, 1.165) is 44.9 Å². The molecular formula is C72H139NO5. The summed E-state index contributed by atoms with van der Waals surface area (Å²) in [4.78, 5) is 24.6. The molecule has 0 aliphatic carbocycles. The first-order valence-electron chi connectivity index (χ1n) is 35.6. The molecule has 2 atom stereocenters. The molecule has 0 radical (unpaired) electrons. The number of hydrogen-bond acceptors (Lipinski definition) is 5. The van der Waals surface area contributed by atoms with Crippen molar-refractivity contribution >= 4 is 11.9 Å². The van der Waals surface area contributed by atoms with E-state index in [1.807, 2.05) is 0 Å². The summed E-state index contributed by atoms with van der Waals surface area (Å²) in [5.74, 6) is -0.0165. The summed E-state index contributed by atoms with van der Waals surface area (Å²) in [5, 5.41) is 23.3. The minimum Gasteiger partial charge on any atom is -0.466 e. The zero-order valence-corrected chi connectivity index (χ0v) is 52.9. The van der Waals surface area contributed by atoms with Crippen molar-refractivity contribution in [1.29, 1.82) is 0 Å². The Bertz CT molecular complexity index is 1220. The third kappa shape index (κ3) is 63.5. The number of aliphatic hydroxyl groups is 2. The molecule has 6 heteroatoms. The molecule has 0 aromatic carbocycles. The van der Waals surface area contributed by atoms with Gasteiger partial charge in [-0.15, -0.1) is 0 Å². The zero-order valence-electron chi connectivity index (χ0n) is 52.9. The van der Waals surface area contributed by atoms with Crippen LogP contribution in [0.25, 0.3) is 0 Å². The van der Waals surface area contributed by atoms with Gasteiger partial charge in [0.1, 0.15) is 0 Å². The Morgan fingerprint density at radius 2 is 0.603 bits per heavy atom. The lowest BCUT2D eigenvalue weighted by Gasteiger charge is -2.22. The Labute approximate surface area is 488 Å². The predicted molar refractivity (Wildman–Crippen MR) is 343 cm³/mol. The quantitative estimate of drug-likeness (QED) is 0.0320. The van der Waals surface area contributed by atoms with Crippen molar-refractivity contribution in [2.75, 3.05) is 13.2 Å². The normalized spacial score (nSPS) is 12.6. The third-order valence-corrected chi connectivity index (χ3v) is 16.7. The maximum Gasteiger partial charge on any atom is 0.305 e. The van der Waals surface area contributed by atoms with E-state index < -0.39 is 12.1 Å². The van der Waals surface area contributed by atoms with Gasteiger partial charge < -0.3 is 20.3 Å². The standard InChI is InChI=1S/C72H139NO5/c1-3-5-7-9-11-13-15-17-19-34-38-42-46-50-54-58-62-66-72(77)78-67-63-59-55-51-47-43-39-36-33-31-29-27-25-23-21-20-22-24-26-28-30-32-35-37-41-45-49-53-57-61-65-71(76)73-69(68-74)70(75)64-60-56-52-48-44-40-18-16-14-12-10-8-6-4-2/h17,19,21,23,69-70,74-75H,3-16,18,20,22,24-68H2,1-2H3,(H,73,76)/b19-17-,23-21-. The molecule has 0 rings (SSSR count). The molecule has 462 valence electrons. The molecule has 6 nitrogen and oxygen atoms in total. The van der Waals surface area contributed by atoms with Crippen molar-refractivity contribution in [2.24, 2.45) is 0 Å². The maximum absolute atomic E-state index is 12.5. The Morgan fingerprint density at radius 1 is 0.346 bits per heavy atom. The first-order valence-corrected chi connectivity index (χ1v) is 35.6. The van der Waals surface area contributed by atoms with Crippen molar-refractivity contribution in [3.05, 3.63) is 24.3 Å². The second kappa shape index (κ2) is 67.8. The second-order valence-corrected chi connectivity index (χ2v) is 24.6. The van der Waals surface area contributed by atoms with Gasteiger partial charge in [0.25, 0.3) is 0 Å². The predicted octanol–water partition coefficient (Wildman–Crippen LogP) is 22.9. The van der Waals surface area contributed by atoms with Crippen molar-refractivity contribution in [2.45, 2.75) is 411 Å². The van der Waals surface area contributed by atoms with Crippen molar-refractivity contribution < 1.29 is 24.5 Å². The smallest absolute Gasteiger partial charge is 0.305 e. The second-order valence-electron chi connectivity index (χ2n) is 24.6. The average Bonchev–Trinajstić information content (AvgIpc) is 3.44. The summed E-state index contributed by atoms with van der Waals surface area (Å²) in [6.07, 6.45) is 85.2. The van der Waals surface area contributed by atoms with Gasteiger partial charge in [0.15, 0.2) is 0 Å². The fourth-order valence-corrected chi connectivity index (χ4v) is 11.3. The molecule has 0 aliphatic heterocycles. The van der Waals surface area contributed by atoms with E-state index in [-0.39, 0.29) is 18.5 Å². The first kappa shape index (κ1) is 76.3. The van der Waals surface area contributed by atoms with Gasteiger partial charge >= 0.3 is 5.97 Å². The molecule has 2 unspecified atom stereocenters. The number of nitrogens with one attached hydrogen (secondary N) is 1. The molecule has 0 saturated heterocycles. The van der Waals surface area contributed by atoms with Crippen LogP contribution in [-0.4, -0.2) is 47.4 Å². The molecule has 3 N–H and O–H groups in total. The van der Waals surface area contributed by atoms with Gasteiger partial charge in [0.2, 0.25) is 5.91 Å². The van der Waals surface area contributed by atoms with Crippen LogP contribution >= 0.6 is 0 Å². The van der Waals surface area contributed by atoms with Crippen molar-refractivity contribution in [1.82, 2.24) is 5.32 Å². The van der Waals surface area contributed by atoms with Crippen LogP contribution in [0.1, 0.15) is 399 Å². The van der Waals surface area contributed by atoms with Crippen molar-refractivity contribution in [3.8, 4) is 0 Å². The number of allylic oxidation sites excluding steroid dienone is 4. The molecule has 0 fully saturated rings. The summed E-state index contributed by atoms with van der Waals surface area (Å²) < 4.78 is 5.50. The molecule has 0 aromatic heterocycles. The van der Waals surface area contributed by atoms with E-state index >= 15 is 0 Å². The third-order valence-electron chi connectivity index (χ3n) is 16.7. The monoisotopic (exact) mass is 1100 g/mol. The van der Waals surface area contributed by atoms with E-state index in [0.29, 0.717) is 25.9 Å². The minimum absolute atomic E-state index is 0.0145. The number of amides is 1. The molecule has 0 spiro atoms.